The number of halogens is 1. The van der Waals surface area contributed by atoms with Crippen molar-refractivity contribution in [2.45, 2.75) is 19.9 Å². The Labute approximate surface area is 168 Å². The van der Waals surface area contributed by atoms with Crippen LogP contribution in [0.25, 0.3) is 0 Å². The summed E-state index contributed by atoms with van der Waals surface area (Å²) in [5.41, 5.74) is 0.867. The monoisotopic (exact) mass is 432 g/mol. The number of carbonyl (C=O) groups is 2. The minimum atomic E-state index is -0.519. The van der Waals surface area contributed by atoms with E-state index in [0.29, 0.717) is 18.9 Å². The molecule has 1 aromatic heterocycles. The molecule has 2 amide bonds. The van der Waals surface area contributed by atoms with Gasteiger partial charge < -0.3 is 10.2 Å². The molecule has 0 aliphatic rings. The highest BCUT2D eigenvalue weighted by Crippen LogP contribution is 2.22. The van der Waals surface area contributed by atoms with Crippen LogP contribution in [0.5, 0.6) is 0 Å². The van der Waals surface area contributed by atoms with Crippen LogP contribution in [0.1, 0.15) is 25.5 Å². The topological polar surface area (TPSA) is 65.5 Å². The van der Waals surface area contributed by atoms with E-state index in [1.165, 1.54) is 0 Å². The first-order chi connectivity index (χ1) is 13.0. The van der Waals surface area contributed by atoms with E-state index in [1.54, 1.807) is 29.1 Å². The normalized spacial score (nSPS) is 11.9. The molecule has 0 radical (unpaired) electrons. The Bertz CT molecular complexity index is 748. The number of nitrogens with zero attached hydrogens (tertiary/aromatic N) is 3. The molecular formula is C20H25BrN4O2. The summed E-state index contributed by atoms with van der Waals surface area (Å²) in [5.74, 6) is 0.242. The molecule has 0 bridgehead atoms. The lowest BCUT2D eigenvalue weighted by atomic mass is 10.0. The number of carbonyl (C=O) groups excluding carboxylic acids is 2. The number of benzene rings is 1. The highest BCUT2D eigenvalue weighted by atomic mass is 79.9. The van der Waals surface area contributed by atoms with E-state index in [1.807, 2.05) is 50.2 Å². The Hall–Kier alpha value is -2.25. The van der Waals surface area contributed by atoms with Gasteiger partial charge in [-0.05, 0) is 54.5 Å². The summed E-state index contributed by atoms with van der Waals surface area (Å²) in [6, 6.07) is 12.5. The fourth-order valence-electron chi connectivity index (χ4n) is 2.88. The molecule has 27 heavy (non-hydrogen) atoms. The minimum absolute atomic E-state index is 0.0109. The Morgan fingerprint density at radius 1 is 1.11 bits per heavy atom. The van der Waals surface area contributed by atoms with E-state index >= 15 is 0 Å². The van der Waals surface area contributed by atoms with Crippen molar-refractivity contribution < 1.29 is 9.59 Å². The van der Waals surface area contributed by atoms with E-state index in [9.17, 15) is 9.59 Å². The molecule has 0 saturated heterocycles. The van der Waals surface area contributed by atoms with Crippen LogP contribution in [0.2, 0.25) is 0 Å². The van der Waals surface area contributed by atoms with Crippen LogP contribution in [-0.4, -0.2) is 53.3 Å². The van der Waals surface area contributed by atoms with Gasteiger partial charge in [-0.3, -0.25) is 14.5 Å². The van der Waals surface area contributed by atoms with Crippen molar-refractivity contribution in [2.24, 2.45) is 0 Å². The molecule has 2 rings (SSSR count). The zero-order valence-electron chi connectivity index (χ0n) is 15.9. The zero-order chi connectivity index (χ0) is 19.8. The van der Waals surface area contributed by atoms with Crippen molar-refractivity contribution in [3.05, 3.63) is 58.7 Å². The fraction of sp³-hybridized carbons (Fsp3) is 0.350. The maximum Gasteiger partial charge on any atom is 0.244 e. The van der Waals surface area contributed by atoms with Gasteiger partial charge >= 0.3 is 0 Å². The summed E-state index contributed by atoms with van der Waals surface area (Å²) in [6.07, 6.45) is 1.62. The summed E-state index contributed by atoms with van der Waals surface area (Å²) >= 11 is 3.31. The quantitative estimate of drug-likeness (QED) is 0.694. The molecule has 0 aliphatic heterocycles. The Morgan fingerprint density at radius 2 is 1.78 bits per heavy atom. The number of pyridine rings is 1. The van der Waals surface area contributed by atoms with E-state index in [0.717, 1.165) is 10.0 Å². The number of hydrogen-bond acceptors (Lipinski definition) is 4. The van der Waals surface area contributed by atoms with Gasteiger partial charge in [0.2, 0.25) is 11.8 Å². The van der Waals surface area contributed by atoms with Crippen LogP contribution in [0.4, 0.5) is 5.82 Å². The van der Waals surface area contributed by atoms with Crippen LogP contribution in [0, 0.1) is 0 Å². The highest BCUT2D eigenvalue weighted by Gasteiger charge is 2.29. The second-order valence-electron chi connectivity index (χ2n) is 6.15. The molecule has 0 saturated carbocycles. The standard InChI is InChI=1S/C20H25BrN4O2/c1-4-25(5-2)20(27)19(15-9-7-6-8-10-15)24(3)14-18(26)23-17-12-11-16(21)13-22-17/h6-13,19H,4-5,14H2,1-3H3,(H,22,23,26). The molecule has 6 nitrogen and oxygen atoms in total. The lowest BCUT2D eigenvalue weighted by Crippen LogP contribution is -2.44. The highest BCUT2D eigenvalue weighted by molar-refractivity contribution is 9.10. The van der Waals surface area contributed by atoms with Crippen molar-refractivity contribution in [1.82, 2.24) is 14.8 Å². The van der Waals surface area contributed by atoms with Crippen molar-refractivity contribution in [2.75, 3.05) is 32.0 Å². The van der Waals surface area contributed by atoms with Crippen LogP contribution in [0.3, 0.4) is 0 Å². The van der Waals surface area contributed by atoms with Gasteiger partial charge in [0.25, 0.3) is 0 Å². The molecule has 1 aromatic carbocycles. The summed E-state index contributed by atoms with van der Waals surface area (Å²) < 4.78 is 0.839. The molecular weight excluding hydrogens is 408 g/mol. The van der Waals surface area contributed by atoms with Gasteiger partial charge in [0.05, 0.1) is 6.54 Å². The minimum Gasteiger partial charge on any atom is -0.342 e. The van der Waals surface area contributed by atoms with Crippen molar-refractivity contribution in [1.29, 1.82) is 0 Å². The second kappa shape index (κ2) is 10.2. The fourth-order valence-corrected chi connectivity index (χ4v) is 3.11. The first kappa shape index (κ1) is 21.1. The van der Waals surface area contributed by atoms with Crippen LogP contribution in [0.15, 0.2) is 53.1 Å². The third kappa shape index (κ3) is 5.87. The number of rotatable bonds is 8. The lowest BCUT2D eigenvalue weighted by Gasteiger charge is -2.31. The molecule has 1 N–H and O–H groups in total. The molecule has 1 atom stereocenters. The molecule has 1 unspecified atom stereocenters. The number of nitrogens with one attached hydrogen (secondary N) is 1. The summed E-state index contributed by atoms with van der Waals surface area (Å²) in [4.78, 5) is 33.2. The third-order valence-corrected chi connectivity index (χ3v) is 4.72. The van der Waals surface area contributed by atoms with E-state index in [-0.39, 0.29) is 18.4 Å². The average Bonchev–Trinajstić information content (AvgIpc) is 2.65. The number of anilines is 1. The second-order valence-corrected chi connectivity index (χ2v) is 7.06. The molecule has 7 heteroatoms. The largest absolute Gasteiger partial charge is 0.342 e. The van der Waals surface area contributed by atoms with Gasteiger partial charge in [-0.25, -0.2) is 4.98 Å². The smallest absolute Gasteiger partial charge is 0.244 e. The number of likely N-dealkylation sites (N-methyl/N-ethyl adjacent to an activating group) is 2. The maximum atomic E-state index is 13.1. The van der Waals surface area contributed by atoms with Crippen LogP contribution in [-0.2, 0) is 9.59 Å². The summed E-state index contributed by atoms with van der Waals surface area (Å²) in [7, 11) is 1.79. The molecule has 1 heterocycles. The maximum absolute atomic E-state index is 13.1. The van der Waals surface area contributed by atoms with Crippen molar-refractivity contribution >= 4 is 33.6 Å². The zero-order valence-corrected chi connectivity index (χ0v) is 17.4. The van der Waals surface area contributed by atoms with Crippen LogP contribution >= 0.6 is 15.9 Å². The van der Waals surface area contributed by atoms with Crippen molar-refractivity contribution in [3.8, 4) is 0 Å². The van der Waals surface area contributed by atoms with E-state index in [4.69, 9.17) is 0 Å². The SMILES string of the molecule is CCN(CC)C(=O)C(c1ccccc1)N(C)CC(=O)Nc1ccc(Br)cn1. The number of aromatic nitrogens is 1. The first-order valence-electron chi connectivity index (χ1n) is 8.91. The Morgan fingerprint density at radius 3 is 2.33 bits per heavy atom. The molecule has 144 valence electrons. The summed E-state index contributed by atoms with van der Waals surface area (Å²) in [6.45, 7) is 5.23. The van der Waals surface area contributed by atoms with Gasteiger partial charge in [-0.2, -0.15) is 0 Å². The predicted molar refractivity (Wildman–Crippen MR) is 110 cm³/mol. The van der Waals surface area contributed by atoms with Crippen LogP contribution < -0.4 is 5.32 Å². The molecule has 2 aromatic rings. The van der Waals surface area contributed by atoms with Gasteiger partial charge in [-0.15, -0.1) is 0 Å². The lowest BCUT2D eigenvalue weighted by molar-refractivity contribution is -0.137. The summed E-state index contributed by atoms with van der Waals surface area (Å²) in [5, 5.41) is 2.77. The predicted octanol–water partition coefficient (Wildman–Crippen LogP) is 3.32. The number of hydrogen-bond donors (Lipinski definition) is 1. The number of amides is 2. The Balaban J connectivity index is 2.15. The van der Waals surface area contributed by atoms with E-state index in [2.05, 4.69) is 26.2 Å². The van der Waals surface area contributed by atoms with Gasteiger partial charge in [0.15, 0.2) is 0 Å². The molecule has 0 spiro atoms. The van der Waals surface area contributed by atoms with Gasteiger partial charge in [-0.1, -0.05) is 30.3 Å². The first-order valence-corrected chi connectivity index (χ1v) is 9.70. The van der Waals surface area contributed by atoms with Gasteiger partial charge in [0.1, 0.15) is 11.9 Å². The molecule has 0 fully saturated rings. The average molecular weight is 433 g/mol. The Kier molecular flexibility index (Phi) is 7.94. The van der Waals surface area contributed by atoms with E-state index < -0.39 is 6.04 Å². The van der Waals surface area contributed by atoms with Crippen molar-refractivity contribution in [3.63, 3.8) is 0 Å². The van der Waals surface area contributed by atoms with Gasteiger partial charge in [0, 0.05) is 23.8 Å². The molecule has 0 aliphatic carbocycles. The third-order valence-electron chi connectivity index (χ3n) is 4.25.